The van der Waals surface area contributed by atoms with Crippen LogP contribution in [0.3, 0.4) is 0 Å². The summed E-state index contributed by atoms with van der Waals surface area (Å²) in [5.74, 6) is 0.556. The quantitative estimate of drug-likeness (QED) is 0.239. The van der Waals surface area contributed by atoms with Crippen LogP contribution in [-0.4, -0.2) is 29.8 Å². The summed E-state index contributed by atoms with van der Waals surface area (Å²) in [6.07, 6.45) is 2.26. The summed E-state index contributed by atoms with van der Waals surface area (Å²) in [4.78, 5) is 23.3. The highest BCUT2D eigenvalue weighted by Crippen LogP contribution is 2.37. The van der Waals surface area contributed by atoms with E-state index in [1.54, 1.807) is 24.3 Å². The molecule has 8 nitrogen and oxygen atoms in total. The van der Waals surface area contributed by atoms with Gasteiger partial charge in [-0.2, -0.15) is 5.10 Å². The number of nitrogens with zero attached hydrogens (tertiary/aromatic N) is 2. The van der Waals surface area contributed by atoms with E-state index < -0.39 is 10.8 Å². The van der Waals surface area contributed by atoms with Crippen LogP contribution in [0.2, 0.25) is 5.02 Å². The first-order chi connectivity index (χ1) is 15.3. The standard InChI is InChI=1S/C22H22ClN3O5S/c1-4-13(3)31-21-17(23)8-14(9-18(21)30-5-2)12-24-25-22(27)20-11-15-10-16(26(28)29)6-7-19(15)32-20/h6-13H,4-5H2,1-3H3,(H,25,27)/b24-12-/t13-/m0/s1. The third-order valence-electron chi connectivity index (χ3n) is 4.54. The number of hydrogen-bond donors (Lipinski definition) is 1. The summed E-state index contributed by atoms with van der Waals surface area (Å²) >= 11 is 7.62. The first kappa shape index (κ1) is 23.5. The number of non-ortho nitro benzene ring substituents is 1. The predicted molar refractivity (Wildman–Crippen MR) is 127 cm³/mol. The largest absolute Gasteiger partial charge is 0.490 e. The van der Waals surface area contributed by atoms with E-state index in [4.69, 9.17) is 21.1 Å². The molecule has 1 heterocycles. The van der Waals surface area contributed by atoms with Crippen molar-refractivity contribution in [2.45, 2.75) is 33.3 Å². The van der Waals surface area contributed by atoms with E-state index in [-0.39, 0.29) is 11.8 Å². The zero-order valence-electron chi connectivity index (χ0n) is 17.8. The van der Waals surface area contributed by atoms with Crippen LogP contribution in [0.25, 0.3) is 10.1 Å². The molecular weight excluding hydrogens is 454 g/mol. The van der Waals surface area contributed by atoms with Gasteiger partial charge in [0.25, 0.3) is 11.6 Å². The normalized spacial score (nSPS) is 12.1. The van der Waals surface area contributed by atoms with Gasteiger partial charge < -0.3 is 9.47 Å². The fourth-order valence-corrected chi connectivity index (χ4v) is 4.00. The summed E-state index contributed by atoms with van der Waals surface area (Å²) in [6, 6.07) is 9.48. The highest BCUT2D eigenvalue weighted by Gasteiger charge is 2.15. The Morgan fingerprint density at radius 1 is 1.31 bits per heavy atom. The second-order valence-electron chi connectivity index (χ2n) is 6.89. The van der Waals surface area contributed by atoms with Gasteiger partial charge in [0.1, 0.15) is 0 Å². The van der Waals surface area contributed by atoms with Gasteiger partial charge in [0.05, 0.1) is 33.7 Å². The Kier molecular flexibility index (Phi) is 7.66. The van der Waals surface area contributed by atoms with Gasteiger partial charge in [-0.1, -0.05) is 18.5 Å². The summed E-state index contributed by atoms with van der Waals surface area (Å²) in [5.41, 5.74) is 3.07. The predicted octanol–water partition coefficient (Wildman–Crippen LogP) is 5.80. The zero-order chi connectivity index (χ0) is 23.3. The minimum absolute atomic E-state index is 0.0201. The third kappa shape index (κ3) is 5.54. The van der Waals surface area contributed by atoms with E-state index in [9.17, 15) is 14.9 Å². The molecule has 10 heteroatoms. The Balaban J connectivity index is 1.75. The fourth-order valence-electron chi connectivity index (χ4n) is 2.80. The van der Waals surface area contributed by atoms with E-state index >= 15 is 0 Å². The Labute approximate surface area is 193 Å². The number of hydrogen-bond acceptors (Lipinski definition) is 7. The summed E-state index contributed by atoms with van der Waals surface area (Å²) in [5, 5.41) is 15.9. The van der Waals surface area contributed by atoms with E-state index in [0.717, 1.165) is 11.1 Å². The lowest BCUT2D eigenvalue weighted by atomic mass is 10.2. The maximum absolute atomic E-state index is 12.4. The van der Waals surface area contributed by atoms with Crippen LogP contribution in [-0.2, 0) is 0 Å². The SMILES string of the molecule is CCOc1cc(/C=N\NC(=O)c2cc3cc([N+](=O)[O-])ccc3s2)cc(Cl)c1O[C@@H](C)CC. The zero-order valence-corrected chi connectivity index (χ0v) is 19.3. The number of halogens is 1. The molecule has 0 saturated heterocycles. The first-order valence-electron chi connectivity index (χ1n) is 9.96. The van der Waals surface area contributed by atoms with Gasteiger partial charge in [-0.25, -0.2) is 5.43 Å². The van der Waals surface area contributed by atoms with E-state index in [1.807, 2.05) is 20.8 Å². The molecule has 2 aromatic carbocycles. The maximum atomic E-state index is 12.4. The molecule has 0 fully saturated rings. The molecule has 1 amide bonds. The average molecular weight is 476 g/mol. The molecule has 0 saturated carbocycles. The van der Waals surface area contributed by atoms with Crippen LogP contribution in [0.4, 0.5) is 5.69 Å². The number of carbonyl (C=O) groups excluding carboxylic acids is 1. The van der Waals surface area contributed by atoms with E-state index in [0.29, 0.717) is 39.0 Å². The highest BCUT2D eigenvalue weighted by molar-refractivity contribution is 7.20. The number of rotatable bonds is 9. The molecule has 0 radical (unpaired) electrons. The van der Waals surface area contributed by atoms with Gasteiger partial charge in [-0.15, -0.1) is 11.3 Å². The number of fused-ring (bicyclic) bond motifs is 1. The first-order valence-corrected chi connectivity index (χ1v) is 11.2. The minimum Gasteiger partial charge on any atom is -0.490 e. The molecule has 1 aromatic heterocycles. The number of hydrazone groups is 1. The van der Waals surface area contributed by atoms with Gasteiger partial charge >= 0.3 is 0 Å². The number of nitro benzene ring substituents is 1. The van der Waals surface area contributed by atoms with Gasteiger partial charge in [-0.05, 0) is 50.1 Å². The van der Waals surface area contributed by atoms with Crippen molar-refractivity contribution >= 4 is 50.8 Å². The molecule has 1 atom stereocenters. The molecule has 1 N–H and O–H groups in total. The van der Waals surface area contributed by atoms with Gasteiger partial charge in [0, 0.05) is 22.2 Å². The van der Waals surface area contributed by atoms with Gasteiger partial charge in [0.15, 0.2) is 11.5 Å². The molecule has 3 aromatic rings. The smallest absolute Gasteiger partial charge is 0.281 e. The molecule has 3 rings (SSSR count). The number of ether oxygens (including phenoxy) is 2. The Morgan fingerprint density at radius 3 is 2.78 bits per heavy atom. The fraction of sp³-hybridized carbons (Fsp3) is 0.273. The topological polar surface area (TPSA) is 103 Å². The lowest BCUT2D eigenvalue weighted by molar-refractivity contribution is -0.384. The molecule has 0 unspecified atom stereocenters. The molecule has 32 heavy (non-hydrogen) atoms. The molecule has 168 valence electrons. The second kappa shape index (κ2) is 10.4. The van der Waals surface area contributed by atoms with Crippen molar-refractivity contribution in [1.29, 1.82) is 0 Å². The lowest BCUT2D eigenvalue weighted by Crippen LogP contribution is -2.16. The monoisotopic (exact) mass is 475 g/mol. The minimum atomic E-state index is -0.470. The van der Waals surface area contributed by atoms with Crippen LogP contribution in [0.5, 0.6) is 11.5 Å². The van der Waals surface area contributed by atoms with Crippen molar-refractivity contribution in [1.82, 2.24) is 5.43 Å². The molecular formula is C22H22ClN3O5S. The average Bonchev–Trinajstić information content (AvgIpc) is 3.19. The number of amides is 1. The number of nitro groups is 1. The number of carbonyl (C=O) groups is 1. The highest BCUT2D eigenvalue weighted by atomic mass is 35.5. The van der Waals surface area contributed by atoms with Crippen molar-refractivity contribution in [2.75, 3.05) is 6.61 Å². The van der Waals surface area contributed by atoms with Crippen LogP contribution in [0.1, 0.15) is 42.4 Å². The van der Waals surface area contributed by atoms with Crippen LogP contribution in [0.15, 0.2) is 41.5 Å². The molecule has 0 bridgehead atoms. The molecule has 0 aliphatic rings. The number of benzene rings is 2. The van der Waals surface area contributed by atoms with Crippen molar-refractivity contribution in [3.63, 3.8) is 0 Å². The van der Waals surface area contributed by atoms with Crippen LogP contribution < -0.4 is 14.9 Å². The van der Waals surface area contributed by atoms with Crippen molar-refractivity contribution in [3.8, 4) is 11.5 Å². The summed E-state index contributed by atoms with van der Waals surface area (Å²) < 4.78 is 12.3. The van der Waals surface area contributed by atoms with Crippen LogP contribution >= 0.6 is 22.9 Å². The van der Waals surface area contributed by atoms with Crippen LogP contribution in [0, 0.1) is 10.1 Å². The summed E-state index contributed by atoms with van der Waals surface area (Å²) in [6.45, 7) is 6.26. The molecule has 0 spiro atoms. The van der Waals surface area contributed by atoms with E-state index in [2.05, 4.69) is 10.5 Å². The number of nitrogens with one attached hydrogen (secondary N) is 1. The van der Waals surface area contributed by atoms with E-state index in [1.165, 1.54) is 29.7 Å². The Morgan fingerprint density at radius 2 is 2.09 bits per heavy atom. The lowest BCUT2D eigenvalue weighted by Gasteiger charge is -2.18. The van der Waals surface area contributed by atoms with Gasteiger partial charge in [0.2, 0.25) is 0 Å². The molecule has 0 aliphatic carbocycles. The Bertz CT molecular complexity index is 1180. The van der Waals surface area contributed by atoms with Crippen molar-refractivity contribution < 1.29 is 19.2 Å². The van der Waals surface area contributed by atoms with Crippen molar-refractivity contribution in [3.05, 3.63) is 62.0 Å². The maximum Gasteiger partial charge on any atom is 0.281 e. The second-order valence-corrected chi connectivity index (χ2v) is 8.38. The Hall–Kier alpha value is -3.17. The molecule has 0 aliphatic heterocycles. The number of thiophene rings is 1. The van der Waals surface area contributed by atoms with Crippen molar-refractivity contribution in [2.24, 2.45) is 5.10 Å². The third-order valence-corrected chi connectivity index (χ3v) is 5.94. The summed E-state index contributed by atoms with van der Waals surface area (Å²) in [7, 11) is 0. The van der Waals surface area contributed by atoms with Gasteiger partial charge in [-0.3, -0.25) is 14.9 Å².